The molecule has 0 aliphatic carbocycles. The van der Waals surface area contributed by atoms with Gasteiger partial charge in [0.25, 0.3) is 0 Å². The van der Waals surface area contributed by atoms with E-state index in [-0.39, 0.29) is 12.4 Å². The van der Waals surface area contributed by atoms with Crippen LogP contribution in [-0.2, 0) is 11.3 Å². The van der Waals surface area contributed by atoms with E-state index in [0.717, 1.165) is 0 Å². The van der Waals surface area contributed by atoms with Gasteiger partial charge in [0.1, 0.15) is 18.2 Å². The van der Waals surface area contributed by atoms with E-state index in [1.807, 2.05) is 0 Å². The molecule has 2 aromatic rings. The molecule has 0 aromatic heterocycles. The highest BCUT2D eigenvalue weighted by atomic mass is 79.9. The molecule has 2 rings (SSSR count). The monoisotopic (exact) mass is 338 g/mol. The highest BCUT2D eigenvalue weighted by molar-refractivity contribution is 9.10. The normalized spacial score (nSPS) is 10.2. The van der Waals surface area contributed by atoms with Crippen molar-refractivity contribution in [1.29, 1.82) is 0 Å². The van der Waals surface area contributed by atoms with Crippen molar-refractivity contribution in [2.24, 2.45) is 0 Å². The maximum absolute atomic E-state index is 13.3. The summed E-state index contributed by atoms with van der Waals surface area (Å²) in [5.41, 5.74) is 1.16. The van der Waals surface area contributed by atoms with Crippen LogP contribution in [0.25, 0.3) is 0 Å². The third kappa shape index (κ3) is 3.36. The molecular formula is C15H12BrFO3. The first-order valence-electron chi connectivity index (χ1n) is 5.86. The van der Waals surface area contributed by atoms with Gasteiger partial charge < -0.3 is 9.47 Å². The van der Waals surface area contributed by atoms with Crippen LogP contribution >= 0.6 is 15.9 Å². The number of benzene rings is 2. The summed E-state index contributed by atoms with van der Waals surface area (Å²) < 4.78 is 23.9. The van der Waals surface area contributed by atoms with E-state index in [0.29, 0.717) is 21.3 Å². The van der Waals surface area contributed by atoms with Gasteiger partial charge in [-0.25, -0.2) is 9.18 Å². The van der Waals surface area contributed by atoms with Gasteiger partial charge in [-0.3, -0.25) is 0 Å². The minimum absolute atomic E-state index is 0.232. The van der Waals surface area contributed by atoms with Crippen molar-refractivity contribution in [3.8, 4) is 5.75 Å². The summed E-state index contributed by atoms with van der Waals surface area (Å²) >= 11 is 3.18. The lowest BCUT2D eigenvalue weighted by Gasteiger charge is -2.08. The van der Waals surface area contributed by atoms with Crippen molar-refractivity contribution in [1.82, 2.24) is 0 Å². The molecule has 0 N–H and O–H groups in total. The second kappa shape index (κ2) is 6.52. The maximum Gasteiger partial charge on any atom is 0.337 e. The number of carbonyl (C=O) groups is 1. The zero-order valence-corrected chi connectivity index (χ0v) is 12.3. The highest BCUT2D eigenvalue weighted by Gasteiger charge is 2.07. The van der Waals surface area contributed by atoms with Gasteiger partial charge in [0.15, 0.2) is 0 Å². The van der Waals surface area contributed by atoms with Gasteiger partial charge in [-0.05, 0) is 46.3 Å². The van der Waals surface area contributed by atoms with E-state index in [2.05, 4.69) is 20.7 Å². The van der Waals surface area contributed by atoms with Crippen molar-refractivity contribution in [3.63, 3.8) is 0 Å². The molecule has 0 radical (unpaired) electrons. The van der Waals surface area contributed by atoms with Gasteiger partial charge in [-0.15, -0.1) is 0 Å². The fourth-order valence-electron chi connectivity index (χ4n) is 1.63. The van der Waals surface area contributed by atoms with Crippen LogP contribution in [0.1, 0.15) is 15.9 Å². The Hall–Kier alpha value is -1.88. The number of esters is 1. The first-order valence-corrected chi connectivity index (χ1v) is 6.65. The molecule has 0 aliphatic rings. The summed E-state index contributed by atoms with van der Waals surface area (Å²) in [7, 11) is 1.33. The van der Waals surface area contributed by atoms with Crippen molar-refractivity contribution in [3.05, 3.63) is 63.9 Å². The van der Waals surface area contributed by atoms with Gasteiger partial charge in [0, 0.05) is 5.56 Å². The zero-order valence-electron chi connectivity index (χ0n) is 10.7. The predicted molar refractivity (Wildman–Crippen MR) is 76.2 cm³/mol. The average Bonchev–Trinajstić information content (AvgIpc) is 2.48. The Morgan fingerprint density at radius 2 is 1.90 bits per heavy atom. The minimum atomic E-state index is -0.399. The minimum Gasteiger partial charge on any atom is -0.489 e. The highest BCUT2D eigenvalue weighted by Crippen LogP contribution is 2.22. The van der Waals surface area contributed by atoms with Crippen LogP contribution in [-0.4, -0.2) is 13.1 Å². The summed E-state index contributed by atoms with van der Waals surface area (Å²) in [6.45, 7) is 0.232. The number of hydrogen-bond acceptors (Lipinski definition) is 3. The smallest absolute Gasteiger partial charge is 0.337 e. The molecule has 0 bridgehead atoms. The molecular weight excluding hydrogens is 327 g/mol. The largest absolute Gasteiger partial charge is 0.489 e. The summed E-state index contributed by atoms with van der Waals surface area (Å²) in [6.07, 6.45) is 0. The molecule has 2 aromatic carbocycles. The van der Waals surface area contributed by atoms with E-state index in [1.54, 1.807) is 36.4 Å². The Morgan fingerprint density at radius 3 is 2.55 bits per heavy atom. The second-order valence-corrected chi connectivity index (χ2v) is 4.81. The number of rotatable bonds is 4. The van der Waals surface area contributed by atoms with E-state index in [1.165, 1.54) is 13.2 Å². The summed E-state index contributed by atoms with van der Waals surface area (Å²) in [4.78, 5) is 11.3. The zero-order chi connectivity index (χ0) is 14.5. The van der Waals surface area contributed by atoms with Gasteiger partial charge in [0.2, 0.25) is 0 Å². The standard InChI is InChI=1S/C15H12BrFO3/c1-19-15(18)10-5-7-12(8-6-10)20-9-11-3-2-4-13(17)14(11)16/h2-8H,9H2,1H3. The summed E-state index contributed by atoms with van der Waals surface area (Å²) in [5.74, 6) is -0.134. The number of ether oxygens (including phenoxy) is 2. The van der Waals surface area contributed by atoms with Crippen LogP contribution in [0.5, 0.6) is 5.75 Å². The maximum atomic E-state index is 13.3. The molecule has 5 heteroatoms. The number of hydrogen-bond donors (Lipinski definition) is 0. The molecule has 20 heavy (non-hydrogen) atoms. The fourth-order valence-corrected chi connectivity index (χ4v) is 2.00. The van der Waals surface area contributed by atoms with Crippen LogP contribution < -0.4 is 4.74 Å². The first kappa shape index (κ1) is 14.5. The molecule has 0 spiro atoms. The van der Waals surface area contributed by atoms with Crippen LogP contribution in [0, 0.1) is 5.82 Å². The van der Waals surface area contributed by atoms with E-state index < -0.39 is 5.97 Å². The topological polar surface area (TPSA) is 35.5 Å². The lowest BCUT2D eigenvalue weighted by molar-refractivity contribution is 0.0600. The Morgan fingerprint density at radius 1 is 1.20 bits per heavy atom. The number of halogens is 2. The number of methoxy groups -OCH3 is 1. The van der Waals surface area contributed by atoms with E-state index in [9.17, 15) is 9.18 Å². The Kier molecular flexibility index (Phi) is 4.74. The molecule has 0 fully saturated rings. The summed E-state index contributed by atoms with van der Waals surface area (Å²) in [6, 6.07) is 11.3. The molecule has 0 heterocycles. The van der Waals surface area contributed by atoms with Crippen LogP contribution in [0.2, 0.25) is 0 Å². The van der Waals surface area contributed by atoms with E-state index in [4.69, 9.17) is 4.74 Å². The Balaban J connectivity index is 2.04. The average molecular weight is 339 g/mol. The van der Waals surface area contributed by atoms with Gasteiger partial charge in [-0.2, -0.15) is 0 Å². The van der Waals surface area contributed by atoms with Crippen LogP contribution in [0.3, 0.4) is 0 Å². The molecule has 0 aliphatic heterocycles. The summed E-state index contributed by atoms with van der Waals surface area (Å²) in [5, 5.41) is 0. The molecule has 104 valence electrons. The molecule has 0 amide bonds. The van der Waals surface area contributed by atoms with Crippen LogP contribution in [0.15, 0.2) is 46.9 Å². The molecule has 0 saturated heterocycles. The third-order valence-electron chi connectivity index (χ3n) is 2.70. The van der Waals surface area contributed by atoms with Crippen molar-refractivity contribution in [2.75, 3.05) is 7.11 Å². The SMILES string of the molecule is COC(=O)c1ccc(OCc2cccc(F)c2Br)cc1. The Labute approximate surface area is 124 Å². The van der Waals surface area contributed by atoms with Gasteiger partial charge in [-0.1, -0.05) is 12.1 Å². The molecule has 0 atom stereocenters. The van der Waals surface area contributed by atoms with Crippen LogP contribution in [0.4, 0.5) is 4.39 Å². The van der Waals surface area contributed by atoms with Crippen molar-refractivity contribution < 1.29 is 18.7 Å². The lowest BCUT2D eigenvalue weighted by atomic mass is 10.2. The molecule has 0 unspecified atom stereocenters. The molecule has 0 saturated carbocycles. The van der Waals surface area contributed by atoms with Crippen molar-refractivity contribution >= 4 is 21.9 Å². The first-order chi connectivity index (χ1) is 9.61. The quantitative estimate of drug-likeness (QED) is 0.791. The molecule has 3 nitrogen and oxygen atoms in total. The third-order valence-corrected chi connectivity index (χ3v) is 3.59. The van der Waals surface area contributed by atoms with Crippen molar-refractivity contribution in [2.45, 2.75) is 6.61 Å². The lowest BCUT2D eigenvalue weighted by Crippen LogP contribution is -2.01. The number of carbonyl (C=O) groups excluding carboxylic acids is 1. The predicted octanol–water partition coefficient (Wildman–Crippen LogP) is 3.95. The second-order valence-electron chi connectivity index (χ2n) is 4.02. The van der Waals surface area contributed by atoms with E-state index >= 15 is 0 Å². The Bertz CT molecular complexity index is 611. The van der Waals surface area contributed by atoms with Gasteiger partial charge in [0.05, 0.1) is 17.1 Å². The fraction of sp³-hybridized carbons (Fsp3) is 0.133. The van der Waals surface area contributed by atoms with Gasteiger partial charge >= 0.3 is 5.97 Å².